The van der Waals surface area contributed by atoms with Gasteiger partial charge in [0.2, 0.25) is 11.8 Å². The first-order valence-corrected chi connectivity index (χ1v) is 8.81. The van der Waals surface area contributed by atoms with Crippen molar-refractivity contribution in [2.75, 3.05) is 50.3 Å². The van der Waals surface area contributed by atoms with E-state index < -0.39 is 0 Å². The molecule has 0 saturated carbocycles. The van der Waals surface area contributed by atoms with E-state index in [4.69, 9.17) is 5.73 Å². The second-order valence-corrected chi connectivity index (χ2v) is 6.53. The SMILES string of the molecule is CCN1CCN(CC(=O)Nc2ccccc2SCC(N)=O)CC1. The van der Waals surface area contributed by atoms with Crippen LogP contribution in [0, 0.1) is 0 Å². The minimum atomic E-state index is -0.370. The van der Waals surface area contributed by atoms with Gasteiger partial charge in [-0.2, -0.15) is 0 Å². The molecule has 126 valence electrons. The highest BCUT2D eigenvalue weighted by Crippen LogP contribution is 2.26. The smallest absolute Gasteiger partial charge is 0.238 e. The van der Waals surface area contributed by atoms with E-state index in [-0.39, 0.29) is 17.6 Å². The molecular formula is C16H24N4O2S. The van der Waals surface area contributed by atoms with Crippen molar-refractivity contribution in [3.05, 3.63) is 24.3 Å². The molecule has 0 atom stereocenters. The quantitative estimate of drug-likeness (QED) is 0.722. The first kappa shape index (κ1) is 17.8. The van der Waals surface area contributed by atoms with Gasteiger partial charge in [-0.3, -0.25) is 14.5 Å². The molecule has 2 rings (SSSR count). The van der Waals surface area contributed by atoms with Crippen molar-refractivity contribution in [1.82, 2.24) is 9.80 Å². The minimum absolute atomic E-state index is 0.0259. The van der Waals surface area contributed by atoms with Gasteiger partial charge in [-0.15, -0.1) is 11.8 Å². The summed E-state index contributed by atoms with van der Waals surface area (Å²) in [6.07, 6.45) is 0. The maximum absolute atomic E-state index is 12.3. The summed E-state index contributed by atoms with van der Waals surface area (Å²) < 4.78 is 0. The number of anilines is 1. The van der Waals surface area contributed by atoms with Crippen LogP contribution in [0.2, 0.25) is 0 Å². The third kappa shape index (κ3) is 5.85. The standard InChI is InChI=1S/C16H24N4O2S/c1-2-19-7-9-20(10-8-19)11-16(22)18-13-5-3-4-6-14(13)23-12-15(17)21/h3-6H,2,7-12H2,1H3,(H2,17,21)(H,18,22). The van der Waals surface area contributed by atoms with Gasteiger partial charge < -0.3 is 16.0 Å². The molecule has 1 aromatic rings. The monoisotopic (exact) mass is 336 g/mol. The van der Waals surface area contributed by atoms with Crippen LogP contribution in [0.25, 0.3) is 0 Å². The number of piperazine rings is 1. The van der Waals surface area contributed by atoms with Crippen LogP contribution in [0.3, 0.4) is 0 Å². The summed E-state index contributed by atoms with van der Waals surface area (Å²) in [6.45, 7) is 7.46. The number of hydrogen-bond donors (Lipinski definition) is 2. The lowest BCUT2D eigenvalue weighted by Crippen LogP contribution is -2.48. The second-order valence-electron chi connectivity index (χ2n) is 5.51. The summed E-state index contributed by atoms with van der Waals surface area (Å²) in [6, 6.07) is 7.46. The average molecular weight is 336 g/mol. The van der Waals surface area contributed by atoms with Crippen LogP contribution in [-0.4, -0.2) is 66.6 Å². The van der Waals surface area contributed by atoms with E-state index in [1.807, 2.05) is 24.3 Å². The molecule has 1 heterocycles. The molecule has 1 fully saturated rings. The van der Waals surface area contributed by atoms with Crippen LogP contribution in [0.15, 0.2) is 29.2 Å². The van der Waals surface area contributed by atoms with Crippen LogP contribution in [0.5, 0.6) is 0 Å². The Balaban J connectivity index is 1.86. The Morgan fingerprint density at radius 3 is 2.48 bits per heavy atom. The van der Waals surface area contributed by atoms with E-state index >= 15 is 0 Å². The van der Waals surface area contributed by atoms with Crippen molar-refractivity contribution < 1.29 is 9.59 Å². The number of likely N-dealkylation sites (N-methyl/N-ethyl adjacent to an activating group) is 1. The molecule has 2 amide bonds. The molecule has 0 unspecified atom stereocenters. The van der Waals surface area contributed by atoms with Crippen molar-refractivity contribution in [3.63, 3.8) is 0 Å². The van der Waals surface area contributed by atoms with Crippen molar-refractivity contribution >= 4 is 29.3 Å². The van der Waals surface area contributed by atoms with Crippen LogP contribution in [0.1, 0.15) is 6.92 Å². The Morgan fingerprint density at radius 1 is 1.17 bits per heavy atom. The fourth-order valence-corrected chi connectivity index (χ4v) is 3.25. The number of benzene rings is 1. The molecule has 0 aliphatic carbocycles. The van der Waals surface area contributed by atoms with Crippen LogP contribution in [-0.2, 0) is 9.59 Å². The number of hydrogen-bond acceptors (Lipinski definition) is 5. The van der Waals surface area contributed by atoms with Crippen molar-refractivity contribution in [2.45, 2.75) is 11.8 Å². The molecule has 0 radical (unpaired) electrons. The van der Waals surface area contributed by atoms with Gasteiger partial charge in [0.25, 0.3) is 0 Å². The molecule has 1 saturated heterocycles. The Hall–Kier alpha value is -1.57. The van der Waals surface area contributed by atoms with Crippen LogP contribution < -0.4 is 11.1 Å². The molecular weight excluding hydrogens is 312 g/mol. The molecule has 1 aliphatic heterocycles. The third-order valence-electron chi connectivity index (χ3n) is 3.81. The molecule has 0 bridgehead atoms. The molecule has 6 nitrogen and oxygen atoms in total. The summed E-state index contributed by atoms with van der Waals surface area (Å²) in [5, 5.41) is 2.94. The van der Waals surface area contributed by atoms with Crippen molar-refractivity contribution in [1.29, 1.82) is 0 Å². The van der Waals surface area contributed by atoms with Gasteiger partial charge in [0.05, 0.1) is 18.0 Å². The fourth-order valence-electron chi connectivity index (χ4n) is 2.50. The van der Waals surface area contributed by atoms with E-state index in [1.54, 1.807) is 0 Å². The molecule has 1 aliphatic rings. The highest BCUT2D eigenvalue weighted by Gasteiger charge is 2.18. The number of carbonyl (C=O) groups is 2. The van der Waals surface area contributed by atoms with Crippen molar-refractivity contribution in [2.24, 2.45) is 5.73 Å². The van der Waals surface area contributed by atoms with Gasteiger partial charge in [-0.05, 0) is 18.7 Å². The maximum atomic E-state index is 12.3. The van der Waals surface area contributed by atoms with Crippen molar-refractivity contribution in [3.8, 4) is 0 Å². The Labute approximate surface area is 141 Å². The van der Waals surface area contributed by atoms with E-state index in [9.17, 15) is 9.59 Å². The lowest BCUT2D eigenvalue weighted by atomic mass is 10.3. The lowest BCUT2D eigenvalue weighted by Gasteiger charge is -2.33. The zero-order chi connectivity index (χ0) is 16.7. The van der Waals surface area contributed by atoms with Gasteiger partial charge >= 0.3 is 0 Å². The number of para-hydroxylation sites is 1. The van der Waals surface area contributed by atoms with E-state index in [0.717, 1.165) is 43.3 Å². The Kier molecular flexibility index (Phi) is 6.88. The van der Waals surface area contributed by atoms with Gasteiger partial charge in [0.1, 0.15) is 0 Å². The van der Waals surface area contributed by atoms with E-state index in [0.29, 0.717) is 6.54 Å². The fraction of sp³-hybridized carbons (Fsp3) is 0.500. The van der Waals surface area contributed by atoms with Gasteiger partial charge in [-0.1, -0.05) is 19.1 Å². The minimum Gasteiger partial charge on any atom is -0.369 e. The molecule has 23 heavy (non-hydrogen) atoms. The Morgan fingerprint density at radius 2 is 1.83 bits per heavy atom. The van der Waals surface area contributed by atoms with Crippen LogP contribution in [0.4, 0.5) is 5.69 Å². The summed E-state index contributed by atoms with van der Waals surface area (Å²) in [5.74, 6) is -0.196. The lowest BCUT2D eigenvalue weighted by molar-refractivity contribution is -0.118. The van der Waals surface area contributed by atoms with Gasteiger partial charge in [0, 0.05) is 31.1 Å². The van der Waals surface area contributed by atoms with E-state index in [2.05, 4.69) is 22.0 Å². The summed E-state index contributed by atoms with van der Waals surface area (Å²) in [5.41, 5.74) is 5.91. The number of primary amides is 1. The highest BCUT2D eigenvalue weighted by atomic mass is 32.2. The molecule has 0 spiro atoms. The topological polar surface area (TPSA) is 78.7 Å². The predicted molar refractivity (Wildman–Crippen MR) is 93.5 cm³/mol. The zero-order valence-corrected chi connectivity index (χ0v) is 14.3. The largest absolute Gasteiger partial charge is 0.369 e. The summed E-state index contributed by atoms with van der Waals surface area (Å²) in [7, 11) is 0. The normalized spacial score (nSPS) is 16.2. The zero-order valence-electron chi connectivity index (χ0n) is 13.5. The molecule has 3 N–H and O–H groups in total. The summed E-state index contributed by atoms with van der Waals surface area (Å²) >= 11 is 1.34. The number of carbonyl (C=O) groups excluding carboxylic acids is 2. The first-order valence-electron chi connectivity index (χ1n) is 7.83. The maximum Gasteiger partial charge on any atom is 0.238 e. The van der Waals surface area contributed by atoms with Gasteiger partial charge in [0.15, 0.2) is 0 Å². The number of amides is 2. The Bertz CT molecular complexity index is 545. The molecule has 0 aromatic heterocycles. The average Bonchev–Trinajstić information content (AvgIpc) is 2.54. The van der Waals surface area contributed by atoms with Gasteiger partial charge in [-0.25, -0.2) is 0 Å². The number of nitrogens with zero attached hydrogens (tertiary/aromatic N) is 2. The second kappa shape index (κ2) is 8.90. The van der Waals surface area contributed by atoms with E-state index in [1.165, 1.54) is 11.8 Å². The summed E-state index contributed by atoms with van der Waals surface area (Å²) in [4.78, 5) is 28.6. The number of nitrogens with one attached hydrogen (secondary N) is 1. The van der Waals surface area contributed by atoms with Crippen LogP contribution >= 0.6 is 11.8 Å². The number of thioether (sulfide) groups is 1. The highest BCUT2D eigenvalue weighted by molar-refractivity contribution is 8.00. The molecule has 1 aromatic carbocycles. The predicted octanol–water partition coefficient (Wildman–Crippen LogP) is 0.840. The number of rotatable bonds is 7. The molecule has 7 heteroatoms. The first-order chi connectivity index (χ1) is 11.1. The third-order valence-corrected chi connectivity index (χ3v) is 4.91. The number of nitrogens with two attached hydrogens (primary N) is 1.